The summed E-state index contributed by atoms with van der Waals surface area (Å²) in [6.45, 7) is 3.05. The summed E-state index contributed by atoms with van der Waals surface area (Å²) >= 11 is 0. The van der Waals surface area contributed by atoms with Crippen molar-refractivity contribution in [2.75, 3.05) is 26.4 Å². The molecule has 14 heavy (non-hydrogen) atoms. The number of ether oxygens (including phenoxy) is 2. The lowest BCUT2D eigenvalue weighted by Gasteiger charge is -2.05. The molecule has 1 amide bonds. The standard InChI is InChI=1S/C8H14BNO4/c1-2-7(11)10-3-4-13-5-6-14-8(9)12/h2-6H2,1H3,(H,10,11). The van der Waals surface area contributed by atoms with Crippen molar-refractivity contribution in [2.24, 2.45) is 0 Å². The Morgan fingerprint density at radius 3 is 2.57 bits per heavy atom. The van der Waals surface area contributed by atoms with Crippen LogP contribution in [0.4, 0.5) is 4.79 Å². The van der Waals surface area contributed by atoms with Crippen LogP contribution in [0.3, 0.4) is 0 Å². The van der Waals surface area contributed by atoms with Crippen LogP contribution in [0.2, 0.25) is 0 Å². The largest absolute Gasteiger partial charge is 0.472 e. The Hall–Kier alpha value is -1.04. The highest BCUT2D eigenvalue weighted by molar-refractivity contribution is 6.55. The van der Waals surface area contributed by atoms with Crippen LogP contribution < -0.4 is 5.32 Å². The molecule has 78 valence electrons. The van der Waals surface area contributed by atoms with Gasteiger partial charge in [-0.05, 0) is 0 Å². The van der Waals surface area contributed by atoms with Gasteiger partial charge in [-0.3, -0.25) is 9.59 Å². The van der Waals surface area contributed by atoms with Crippen molar-refractivity contribution in [1.29, 1.82) is 0 Å². The molecule has 0 bridgehead atoms. The van der Waals surface area contributed by atoms with Crippen molar-refractivity contribution >= 4 is 19.6 Å². The predicted molar refractivity (Wildman–Crippen MR) is 51.2 cm³/mol. The minimum atomic E-state index is -0.812. The summed E-state index contributed by atoms with van der Waals surface area (Å²) < 4.78 is 9.45. The van der Waals surface area contributed by atoms with Gasteiger partial charge >= 0.3 is 0 Å². The third-order valence-electron chi connectivity index (χ3n) is 1.36. The van der Waals surface area contributed by atoms with Crippen molar-refractivity contribution in [1.82, 2.24) is 5.32 Å². The molecule has 0 rings (SSSR count). The fourth-order valence-electron chi connectivity index (χ4n) is 0.691. The number of hydrogen-bond acceptors (Lipinski definition) is 4. The number of rotatable bonds is 7. The second-order valence-electron chi connectivity index (χ2n) is 2.48. The van der Waals surface area contributed by atoms with E-state index >= 15 is 0 Å². The summed E-state index contributed by atoms with van der Waals surface area (Å²) in [5.41, 5.74) is 0. The third kappa shape index (κ3) is 9.06. The smallest absolute Gasteiger partial charge is 0.235 e. The van der Waals surface area contributed by atoms with Gasteiger partial charge in [-0.25, -0.2) is 0 Å². The Balaban J connectivity index is 3.06. The van der Waals surface area contributed by atoms with Crippen LogP contribution in [0.15, 0.2) is 0 Å². The molecule has 6 heteroatoms. The minimum absolute atomic E-state index is 0.0121. The second-order valence-corrected chi connectivity index (χ2v) is 2.48. The molecular weight excluding hydrogens is 185 g/mol. The molecule has 0 fully saturated rings. The summed E-state index contributed by atoms with van der Waals surface area (Å²) in [6, 6.07) is 0. The van der Waals surface area contributed by atoms with E-state index in [1.165, 1.54) is 0 Å². The molecule has 0 aliphatic carbocycles. The van der Waals surface area contributed by atoms with Gasteiger partial charge in [0.1, 0.15) is 6.61 Å². The van der Waals surface area contributed by atoms with Gasteiger partial charge in [0, 0.05) is 13.0 Å². The van der Waals surface area contributed by atoms with Crippen molar-refractivity contribution in [3.05, 3.63) is 0 Å². The van der Waals surface area contributed by atoms with Gasteiger partial charge in [-0.2, -0.15) is 0 Å². The fourth-order valence-corrected chi connectivity index (χ4v) is 0.691. The van der Waals surface area contributed by atoms with Crippen LogP contribution in [0.1, 0.15) is 13.3 Å². The third-order valence-corrected chi connectivity index (χ3v) is 1.36. The highest BCUT2D eigenvalue weighted by Gasteiger charge is 1.95. The molecule has 0 unspecified atom stereocenters. The van der Waals surface area contributed by atoms with Crippen LogP contribution in [-0.4, -0.2) is 46.0 Å². The number of hydrogen-bond donors (Lipinski definition) is 1. The Morgan fingerprint density at radius 1 is 1.29 bits per heavy atom. The van der Waals surface area contributed by atoms with Gasteiger partial charge < -0.3 is 14.8 Å². The number of nitrogens with one attached hydrogen (secondary N) is 1. The zero-order valence-electron chi connectivity index (χ0n) is 8.25. The van der Waals surface area contributed by atoms with Gasteiger partial charge in [0.05, 0.1) is 13.2 Å². The Kier molecular flexibility index (Phi) is 7.93. The first-order valence-corrected chi connectivity index (χ1v) is 4.43. The maximum absolute atomic E-state index is 10.7. The van der Waals surface area contributed by atoms with E-state index in [2.05, 4.69) is 10.1 Å². The molecule has 1 N–H and O–H groups in total. The summed E-state index contributed by atoms with van der Waals surface area (Å²) in [6.07, 6.45) is 0.463. The predicted octanol–water partition coefficient (Wildman–Crippen LogP) is -0.166. The SMILES string of the molecule is [B]C(=O)OCCOCCNC(=O)CC. The van der Waals surface area contributed by atoms with Crippen molar-refractivity contribution < 1.29 is 19.1 Å². The van der Waals surface area contributed by atoms with Gasteiger partial charge in [-0.15, -0.1) is 0 Å². The number of carbonyl (C=O) groups excluding carboxylic acids is 2. The van der Waals surface area contributed by atoms with Crippen LogP contribution in [-0.2, 0) is 14.3 Å². The van der Waals surface area contributed by atoms with E-state index in [0.29, 0.717) is 19.6 Å². The van der Waals surface area contributed by atoms with Crippen molar-refractivity contribution in [2.45, 2.75) is 13.3 Å². The molecular formula is C8H14BNO4. The maximum atomic E-state index is 10.7. The topological polar surface area (TPSA) is 64.6 Å². The first-order chi connectivity index (χ1) is 6.66. The van der Waals surface area contributed by atoms with E-state index in [0.717, 1.165) is 0 Å². The average molecular weight is 199 g/mol. The molecule has 2 radical (unpaired) electrons. The van der Waals surface area contributed by atoms with E-state index in [4.69, 9.17) is 12.6 Å². The Bertz CT molecular complexity index is 186. The highest BCUT2D eigenvalue weighted by Crippen LogP contribution is 1.79. The summed E-state index contributed by atoms with van der Waals surface area (Å²) in [5.74, 6) is -0.824. The van der Waals surface area contributed by atoms with Crippen LogP contribution in [0, 0.1) is 0 Å². The normalized spacial score (nSPS) is 9.50. The molecule has 0 aromatic rings. The molecule has 0 aliphatic heterocycles. The zero-order chi connectivity index (χ0) is 10.8. The van der Waals surface area contributed by atoms with E-state index in [9.17, 15) is 9.59 Å². The maximum Gasteiger partial charge on any atom is 0.235 e. The highest BCUT2D eigenvalue weighted by atomic mass is 16.6. The first kappa shape index (κ1) is 13.0. The summed E-state index contributed by atoms with van der Waals surface area (Å²) in [5, 5.41) is 2.64. The van der Waals surface area contributed by atoms with Crippen molar-refractivity contribution in [3.63, 3.8) is 0 Å². The molecule has 0 heterocycles. The summed E-state index contributed by atoms with van der Waals surface area (Å²) in [4.78, 5) is 20.8. The van der Waals surface area contributed by atoms with E-state index in [-0.39, 0.29) is 19.1 Å². The first-order valence-electron chi connectivity index (χ1n) is 4.43. The fraction of sp³-hybridized carbons (Fsp3) is 0.750. The van der Waals surface area contributed by atoms with E-state index in [1.807, 2.05) is 0 Å². The lowest BCUT2D eigenvalue weighted by atomic mass is 10.2. The molecule has 0 spiro atoms. The minimum Gasteiger partial charge on any atom is -0.472 e. The van der Waals surface area contributed by atoms with Gasteiger partial charge in [-0.1, -0.05) is 6.92 Å². The molecule has 0 atom stereocenters. The Morgan fingerprint density at radius 2 is 2.00 bits per heavy atom. The van der Waals surface area contributed by atoms with Gasteiger partial charge in [0.2, 0.25) is 19.6 Å². The average Bonchev–Trinajstić information content (AvgIpc) is 2.15. The van der Waals surface area contributed by atoms with E-state index < -0.39 is 5.87 Å². The lowest BCUT2D eigenvalue weighted by molar-refractivity contribution is -0.121. The quantitative estimate of drug-likeness (QED) is 0.456. The van der Waals surface area contributed by atoms with Gasteiger partial charge in [0.25, 0.3) is 0 Å². The molecule has 0 aliphatic rings. The van der Waals surface area contributed by atoms with Crippen LogP contribution in [0.5, 0.6) is 0 Å². The molecule has 0 aromatic carbocycles. The Labute approximate surface area is 84.5 Å². The van der Waals surface area contributed by atoms with E-state index in [1.54, 1.807) is 6.92 Å². The van der Waals surface area contributed by atoms with Crippen molar-refractivity contribution in [3.8, 4) is 0 Å². The number of amides is 1. The number of carbonyl (C=O) groups is 2. The monoisotopic (exact) mass is 199 g/mol. The summed E-state index contributed by atoms with van der Waals surface area (Å²) in [7, 11) is 4.72. The molecule has 0 saturated heterocycles. The second kappa shape index (κ2) is 8.56. The molecule has 0 aromatic heterocycles. The van der Waals surface area contributed by atoms with Crippen LogP contribution >= 0.6 is 0 Å². The molecule has 5 nitrogen and oxygen atoms in total. The van der Waals surface area contributed by atoms with Crippen LogP contribution in [0.25, 0.3) is 0 Å². The van der Waals surface area contributed by atoms with Gasteiger partial charge in [0.15, 0.2) is 0 Å². The zero-order valence-corrected chi connectivity index (χ0v) is 8.25. The molecule has 0 saturated carbocycles. The lowest BCUT2D eigenvalue weighted by Crippen LogP contribution is -2.26.